The van der Waals surface area contributed by atoms with Gasteiger partial charge in [0, 0.05) is 41.5 Å². The number of benzene rings is 1. The highest BCUT2D eigenvalue weighted by Crippen LogP contribution is 2.43. The standard InChI is InChI=1S/C28H32N8O2/c1-6-35-12-18(13-35)36-24(11-21(33-36)17-7-8-17)32-28-26-19-10-23(37-5)20(25-14(2)34-38-15(25)3)9-22(19)31-27(26)29-16(4)30-28/h9-11,17-18H,6-8,12-13H2,1-5H3,(H2,29,30,31,32). The molecule has 10 nitrogen and oxygen atoms in total. The third kappa shape index (κ3) is 3.65. The number of likely N-dealkylation sites (tertiary alicyclic amines) is 1. The number of likely N-dealkylation sites (N-methyl/N-ethyl adjacent to an activating group) is 1. The smallest absolute Gasteiger partial charge is 0.145 e. The van der Waals surface area contributed by atoms with Crippen LogP contribution in [0.1, 0.15) is 54.7 Å². The van der Waals surface area contributed by atoms with Crippen LogP contribution in [-0.4, -0.2) is 61.5 Å². The van der Waals surface area contributed by atoms with Crippen molar-refractivity contribution in [3.05, 3.63) is 41.2 Å². The first-order valence-electron chi connectivity index (χ1n) is 13.3. The second kappa shape index (κ2) is 8.56. The van der Waals surface area contributed by atoms with Crippen LogP contribution >= 0.6 is 0 Å². The van der Waals surface area contributed by atoms with Crippen molar-refractivity contribution in [2.24, 2.45) is 0 Å². The number of anilines is 2. The lowest BCUT2D eigenvalue weighted by Gasteiger charge is -2.39. The molecule has 1 aromatic carbocycles. The zero-order valence-electron chi connectivity index (χ0n) is 22.4. The molecule has 2 fully saturated rings. The number of nitrogens with zero attached hydrogens (tertiary/aromatic N) is 6. The number of nitrogens with one attached hydrogen (secondary N) is 2. The maximum absolute atomic E-state index is 5.85. The van der Waals surface area contributed by atoms with Gasteiger partial charge < -0.3 is 19.6 Å². The van der Waals surface area contributed by atoms with Crippen LogP contribution in [0.3, 0.4) is 0 Å². The number of hydrogen-bond donors (Lipinski definition) is 2. The van der Waals surface area contributed by atoms with Gasteiger partial charge in [0.1, 0.15) is 34.6 Å². The highest BCUT2D eigenvalue weighted by molar-refractivity contribution is 6.13. The molecule has 0 atom stereocenters. The molecule has 2 N–H and O–H groups in total. The molecule has 0 radical (unpaired) electrons. The van der Waals surface area contributed by atoms with Crippen molar-refractivity contribution in [1.29, 1.82) is 0 Å². The van der Waals surface area contributed by atoms with E-state index in [9.17, 15) is 0 Å². The summed E-state index contributed by atoms with van der Waals surface area (Å²) in [6, 6.07) is 6.71. The summed E-state index contributed by atoms with van der Waals surface area (Å²) in [4.78, 5) is 15.6. The second-order valence-electron chi connectivity index (χ2n) is 10.6. The van der Waals surface area contributed by atoms with Crippen LogP contribution in [0.4, 0.5) is 11.6 Å². The van der Waals surface area contributed by atoms with Crippen LogP contribution in [0.2, 0.25) is 0 Å². The molecule has 4 aromatic heterocycles. The SMILES string of the molecule is CCN1CC(n2nc(C3CC3)cc2Nc2nc(C)nc3[nH]c4cc(-c5c(C)noc5C)c(OC)cc4c23)C1. The third-order valence-electron chi connectivity index (χ3n) is 7.91. The molecule has 2 aliphatic rings. The Morgan fingerprint density at radius 1 is 1.13 bits per heavy atom. The van der Waals surface area contributed by atoms with Gasteiger partial charge in [0.05, 0.1) is 35.5 Å². The van der Waals surface area contributed by atoms with Crippen molar-refractivity contribution in [2.75, 3.05) is 32.1 Å². The summed E-state index contributed by atoms with van der Waals surface area (Å²) < 4.78 is 13.5. The zero-order valence-corrected chi connectivity index (χ0v) is 22.4. The van der Waals surface area contributed by atoms with E-state index in [1.165, 1.54) is 18.5 Å². The van der Waals surface area contributed by atoms with Crippen molar-refractivity contribution in [1.82, 2.24) is 34.8 Å². The number of aromatic amines is 1. The normalized spacial score (nSPS) is 16.4. The molecule has 0 spiro atoms. The largest absolute Gasteiger partial charge is 0.496 e. The minimum Gasteiger partial charge on any atom is -0.496 e. The Labute approximate surface area is 220 Å². The Morgan fingerprint density at radius 2 is 1.95 bits per heavy atom. The van der Waals surface area contributed by atoms with E-state index < -0.39 is 0 Å². The van der Waals surface area contributed by atoms with Crippen LogP contribution in [0.15, 0.2) is 22.7 Å². The van der Waals surface area contributed by atoms with Gasteiger partial charge in [-0.15, -0.1) is 0 Å². The van der Waals surface area contributed by atoms with Gasteiger partial charge in [-0.2, -0.15) is 5.10 Å². The highest BCUT2D eigenvalue weighted by Gasteiger charge is 2.33. The monoisotopic (exact) mass is 512 g/mol. The number of rotatable bonds is 7. The summed E-state index contributed by atoms with van der Waals surface area (Å²) in [6.45, 7) is 11.1. The van der Waals surface area contributed by atoms with E-state index in [-0.39, 0.29) is 0 Å². The number of fused-ring (bicyclic) bond motifs is 3. The third-order valence-corrected chi connectivity index (χ3v) is 7.91. The quantitative estimate of drug-likeness (QED) is 0.299. The number of H-pyrrole nitrogens is 1. The second-order valence-corrected chi connectivity index (χ2v) is 10.6. The van der Waals surface area contributed by atoms with Gasteiger partial charge in [0.25, 0.3) is 0 Å². The van der Waals surface area contributed by atoms with Gasteiger partial charge in [0.15, 0.2) is 0 Å². The lowest BCUT2D eigenvalue weighted by Crippen LogP contribution is -2.47. The lowest BCUT2D eigenvalue weighted by atomic mass is 10.0. The fourth-order valence-electron chi connectivity index (χ4n) is 5.70. The fourth-order valence-corrected chi connectivity index (χ4v) is 5.70. The zero-order chi connectivity index (χ0) is 26.1. The molecule has 38 heavy (non-hydrogen) atoms. The van der Waals surface area contributed by atoms with Gasteiger partial charge in [-0.25, -0.2) is 14.6 Å². The molecule has 5 aromatic rings. The van der Waals surface area contributed by atoms with Crippen molar-refractivity contribution in [3.63, 3.8) is 0 Å². The van der Waals surface area contributed by atoms with Gasteiger partial charge >= 0.3 is 0 Å². The number of aryl methyl sites for hydroxylation is 3. The summed E-state index contributed by atoms with van der Waals surface area (Å²) in [5, 5.41) is 14.8. The molecule has 1 aliphatic carbocycles. The average molecular weight is 513 g/mol. The van der Waals surface area contributed by atoms with Gasteiger partial charge in [0.2, 0.25) is 0 Å². The fraction of sp³-hybridized carbons (Fsp3) is 0.429. The minimum absolute atomic E-state index is 0.365. The molecule has 5 heterocycles. The van der Waals surface area contributed by atoms with Crippen molar-refractivity contribution < 1.29 is 9.26 Å². The van der Waals surface area contributed by atoms with Crippen LogP contribution in [0.5, 0.6) is 5.75 Å². The topological polar surface area (TPSA) is 110 Å². The Kier molecular flexibility index (Phi) is 5.23. The molecule has 1 aliphatic heterocycles. The minimum atomic E-state index is 0.365. The van der Waals surface area contributed by atoms with Crippen LogP contribution in [0, 0.1) is 20.8 Å². The van der Waals surface area contributed by atoms with E-state index in [1.54, 1.807) is 7.11 Å². The summed E-state index contributed by atoms with van der Waals surface area (Å²) in [7, 11) is 1.69. The predicted molar refractivity (Wildman–Crippen MR) is 146 cm³/mol. The number of aromatic nitrogens is 6. The van der Waals surface area contributed by atoms with E-state index in [0.29, 0.717) is 17.8 Å². The summed E-state index contributed by atoms with van der Waals surface area (Å²) >= 11 is 0. The first kappa shape index (κ1) is 23.2. The Hall–Kier alpha value is -3.92. The predicted octanol–water partition coefficient (Wildman–Crippen LogP) is 5.39. The van der Waals surface area contributed by atoms with Gasteiger partial charge in [-0.3, -0.25) is 4.90 Å². The van der Waals surface area contributed by atoms with Crippen molar-refractivity contribution in [2.45, 2.75) is 52.5 Å². The number of hydrogen-bond acceptors (Lipinski definition) is 8. The molecule has 0 bridgehead atoms. The van der Waals surface area contributed by atoms with E-state index >= 15 is 0 Å². The molecule has 1 saturated carbocycles. The first-order valence-corrected chi connectivity index (χ1v) is 13.3. The number of ether oxygens (including phenoxy) is 1. The first-order chi connectivity index (χ1) is 18.4. The maximum Gasteiger partial charge on any atom is 0.145 e. The Bertz CT molecular complexity index is 1670. The highest BCUT2D eigenvalue weighted by atomic mass is 16.5. The Morgan fingerprint density at radius 3 is 2.63 bits per heavy atom. The summed E-state index contributed by atoms with van der Waals surface area (Å²) in [6.07, 6.45) is 2.43. The molecule has 196 valence electrons. The van der Waals surface area contributed by atoms with E-state index in [0.717, 1.165) is 81.5 Å². The van der Waals surface area contributed by atoms with E-state index in [4.69, 9.17) is 24.3 Å². The molecule has 0 amide bonds. The van der Waals surface area contributed by atoms with Gasteiger partial charge in [-0.1, -0.05) is 12.1 Å². The maximum atomic E-state index is 5.85. The van der Waals surface area contributed by atoms with Crippen molar-refractivity contribution >= 4 is 33.6 Å². The van der Waals surface area contributed by atoms with E-state index in [1.807, 2.05) is 20.8 Å². The Balaban J connectivity index is 1.36. The molecule has 0 unspecified atom stereocenters. The van der Waals surface area contributed by atoms with Crippen LogP contribution in [0.25, 0.3) is 33.1 Å². The average Bonchev–Trinajstić information content (AvgIpc) is 3.43. The molecule has 10 heteroatoms. The van der Waals surface area contributed by atoms with Crippen LogP contribution < -0.4 is 10.1 Å². The summed E-state index contributed by atoms with van der Waals surface area (Å²) in [5.74, 6) is 4.52. The molecular weight excluding hydrogens is 480 g/mol. The lowest BCUT2D eigenvalue weighted by molar-refractivity contribution is 0.107. The van der Waals surface area contributed by atoms with Crippen LogP contribution in [-0.2, 0) is 0 Å². The summed E-state index contributed by atoms with van der Waals surface area (Å²) in [5.41, 5.74) is 5.60. The van der Waals surface area contributed by atoms with Crippen molar-refractivity contribution in [3.8, 4) is 16.9 Å². The van der Waals surface area contributed by atoms with Gasteiger partial charge in [-0.05, 0) is 52.3 Å². The molecular formula is C28H32N8O2. The van der Waals surface area contributed by atoms with E-state index in [2.05, 4.69) is 50.2 Å². The molecule has 7 rings (SSSR count). The molecule has 1 saturated heterocycles. The number of methoxy groups -OCH3 is 1.